The molecule has 3 rings (SSSR count). The highest BCUT2D eigenvalue weighted by Crippen LogP contribution is 2.24. The van der Waals surface area contributed by atoms with Gasteiger partial charge in [-0.15, -0.1) is 0 Å². The maximum Gasteiger partial charge on any atom is 0.356 e. The van der Waals surface area contributed by atoms with Gasteiger partial charge in [0.25, 0.3) is 0 Å². The third-order valence-corrected chi connectivity index (χ3v) is 3.72. The molecule has 2 heterocycles. The predicted molar refractivity (Wildman–Crippen MR) is 80.1 cm³/mol. The molecule has 6 nitrogen and oxygen atoms in total. The van der Waals surface area contributed by atoms with Crippen LogP contribution < -0.4 is 4.74 Å². The first kappa shape index (κ1) is 14.6. The van der Waals surface area contributed by atoms with Crippen molar-refractivity contribution >= 4 is 5.97 Å². The number of ether oxygens (including phenoxy) is 2. The first-order chi connectivity index (χ1) is 10.6. The van der Waals surface area contributed by atoms with Gasteiger partial charge in [0.2, 0.25) is 0 Å². The van der Waals surface area contributed by atoms with Gasteiger partial charge in [0.1, 0.15) is 11.9 Å². The molecule has 0 bridgehead atoms. The van der Waals surface area contributed by atoms with Gasteiger partial charge in [-0.3, -0.25) is 4.68 Å². The average Bonchev–Trinajstić information content (AvgIpc) is 2.91. The molecule has 0 amide bonds. The van der Waals surface area contributed by atoms with Crippen LogP contribution in [0, 0.1) is 0 Å². The molecule has 0 aliphatic carbocycles. The molecule has 0 radical (unpaired) electrons. The number of hydrogen-bond acceptors (Lipinski definition) is 4. The van der Waals surface area contributed by atoms with Crippen LogP contribution in [0.1, 0.15) is 23.3 Å². The lowest BCUT2D eigenvalue weighted by atomic mass is 10.1. The van der Waals surface area contributed by atoms with E-state index in [0.717, 1.165) is 43.1 Å². The van der Waals surface area contributed by atoms with E-state index in [4.69, 9.17) is 14.6 Å². The summed E-state index contributed by atoms with van der Waals surface area (Å²) >= 11 is 0. The normalized spacial score (nSPS) is 15.7. The predicted octanol–water partition coefficient (Wildman–Crippen LogP) is 2.34. The maximum absolute atomic E-state index is 11.0. The summed E-state index contributed by atoms with van der Waals surface area (Å²) in [6.07, 6.45) is 2.02. The summed E-state index contributed by atoms with van der Waals surface area (Å²) in [7, 11) is 1.73. The largest absolute Gasteiger partial charge is 0.490 e. The van der Waals surface area contributed by atoms with E-state index in [1.807, 2.05) is 24.3 Å². The average molecular weight is 302 g/mol. The second kappa shape index (κ2) is 6.19. The maximum atomic E-state index is 11.0. The Labute approximate surface area is 128 Å². The van der Waals surface area contributed by atoms with Crippen LogP contribution in [0.2, 0.25) is 0 Å². The van der Waals surface area contributed by atoms with Crippen molar-refractivity contribution in [2.75, 3.05) is 13.2 Å². The molecule has 0 spiro atoms. The molecule has 22 heavy (non-hydrogen) atoms. The van der Waals surface area contributed by atoms with Gasteiger partial charge in [-0.25, -0.2) is 4.79 Å². The minimum atomic E-state index is -1.03. The lowest BCUT2D eigenvalue weighted by molar-refractivity contribution is 0.0256. The van der Waals surface area contributed by atoms with E-state index in [1.165, 1.54) is 0 Å². The van der Waals surface area contributed by atoms with Gasteiger partial charge in [0, 0.05) is 25.5 Å². The van der Waals surface area contributed by atoms with Crippen molar-refractivity contribution in [3.8, 4) is 17.0 Å². The van der Waals surface area contributed by atoms with Crippen LogP contribution in [-0.2, 0) is 11.8 Å². The Hall–Kier alpha value is -2.34. The fraction of sp³-hybridized carbons (Fsp3) is 0.375. The molecule has 2 aromatic rings. The Morgan fingerprint density at radius 1 is 1.32 bits per heavy atom. The van der Waals surface area contributed by atoms with Gasteiger partial charge in [-0.2, -0.15) is 5.10 Å². The molecule has 1 fully saturated rings. The summed E-state index contributed by atoms with van der Waals surface area (Å²) in [5.74, 6) is -0.211. The standard InChI is InChI=1S/C16H18N2O4/c1-18-15(10-14(17-18)16(19)20)11-2-4-12(5-3-11)22-13-6-8-21-9-7-13/h2-5,10,13H,6-9H2,1H3,(H,19,20). The SMILES string of the molecule is Cn1nc(C(=O)O)cc1-c1ccc(OC2CCOCC2)cc1. The number of carboxylic acids is 1. The van der Waals surface area contributed by atoms with Crippen molar-refractivity contribution in [2.24, 2.45) is 7.05 Å². The van der Waals surface area contributed by atoms with E-state index >= 15 is 0 Å². The van der Waals surface area contributed by atoms with Gasteiger partial charge < -0.3 is 14.6 Å². The van der Waals surface area contributed by atoms with Crippen LogP contribution >= 0.6 is 0 Å². The third-order valence-electron chi connectivity index (χ3n) is 3.72. The Morgan fingerprint density at radius 3 is 2.59 bits per heavy atom. The molecule has 1 N–H and O–H groups in total. The van der Waals surface area contributed by atoms with E-state index in [1.54, 1.807) is 17.8 Å². The van der Waals surface area contributed by atoms with Gasteiger partial charge in [0.05, 0.1) is 18.9 Å². The number of carboxylic acid groups (broad SMARTS) is 1. The van der Waals surface area contributed by atoms with E-state index in [2.05, 4.69) is 5.10 Å². The lowest BCUT2D eigenvalue weighted by Gasteiger charge is -2.23. The lowest BCUT2D eigenvalue weighted by Crippen LogP contribution is -2.25. The molecule has 1 aliphatic heterocycles. The zero-order chi connectivity index (χ0) is 15.5. The highest BCUT2D eigenvalue weighted by atomic mass is 16.5. The van der Waals surface area contributed by atoms with Crippen LogP contribution in [0.25, 0.3) is 11.3 Å². The Morgan fingerprint density at radius 2 is 2.00 bits per heavy atom. The minimum absolute atomic E-state index is 0.0417. The summed E-state index contributed by atoms with van der Waals surface area (Å²) in [4.78, 5) is 11.0. The molecular formula is C16H18N2O4. The van der Waals surface area contributed by atoms with E-state index in [0.29, 0.717) is 0 Å². The van der Waals surface area contributed by atoms with Crippen molar-refractivity contribution in [3.05, 3.63) is 36.0 Å². The molecule has 0 unspecified atom stereocenters. The molecular weight excluding hydrogens is 284 g/mol. The molecule has 1 saturated heterocycles. The zero-order valence-electron chi connectivity index (χ0n) is 12.4. The molecule has 0 saturated carbocycles. The second-order valence-corrected chi connectivity index (χ2v) is 5.30. The smallest absolute Gasteiger partial charge is 0.356 e. The third kappa shape index (κ3) is 3.12. The van der Waals surface area contributed by atoms with Crippen LogP contribution in [0.3, 0.4) is 0 Å². The first-order valence-corrected chi connectivity index (χ1v) is 7.25. The zero-order valence-corrected chi connectivity index (χ0v) is 12.4. The van der Waals surface area contributed by atoms with E-state index in [-0.39, 0.29) is 11.8 Å². The van der Waals surface area contributed by atoms with Crippen molar-refractivity contribution in [3.63, 3.8) is 0 Å². The number of aromatic nitrogens is 2. The summed E-state index contributed by atoms with van der Waals surface area (Å²) < 4.78 is 12.8. The number of aryl methyl sites for hydroxylation is 1. The number of hydrogen-bond donors (Lipinski definition) is 1. The monoisotopic (exact) mass is 302 g/mol. The summed E-state index contributed by atoms with van der Waals surface area (Å²) in [6.45, 7) is 1.49. The van der Waals surface area contributed by atoms with Gasteiger partial charge in [-0.1, -0.05) is 0 Å². The summed E-state index contributed by atoms with van der Waals surface area (Å²) in [6, 6.07) is 9.20. The van der Waals surface area contributed by atoms with Crippen molar-refractivity contribution in [1.82, 2.24) is 9.78 Å². The quantitative estimate of drug-likeness (QED) is 0.938. The van der Waals surface area contributed by atoms with E-state index in [9.17, 15) is 4.79 Å². The van der Waals surface area contributed by atoms with Crippen LogP contribution in [0.5, 0.6) is 5.75 Å². The van der Waals surface area contributed by atoms with Gasteiger partial charge in [-0.05, 0) is 30.3 Å². The topological polar surface area (TPSA) is 73.6 Å². The Bertz CT molecular complexity index is 657. The number of carbonyl (C=O) groups is 1. The number of benzene rings is 1. The van der Waals surface area contributed by atoms with E-state index < -0.39 is 5.97 Å². The van der Waals surface area contributed by atoms with Gasteiger partial charge in [0.15, 0.2) is 5.69 Å². The highest BCUT2D eigenvalue weighted by Gasteiger charge is 2.16. The molecule has 116 valence electrons. The van der Waals surface area contributed by atoms with Crippen molar-refractivity contribution in [2.45, 2.75) is 18.9 Å². The molecule has 1 aromatic heterocycles. The second-order valence-electron chi connectivity index (χ2n) is 5.30. The van der Waals surface area contributed by atoms with Crippen LogP contribution in [-0.4, -0.2) is 40.2 Å². The number of rotatable bonds is 4. The number of aromatic carboxylic acids is 1. The molecule has 6 heteroatoms. The van der Waals surface area contributed by atoms with Crippen LogP contribution in [0.15, 0.2) is 30.3 Å². The summed E-state index contributed by atoms with van der Waals surface area (Å²) in [5.41, 5.74) is 1.71. The fourth-order valence-corrected chi connectivity index (χ4v) is 2.53. The number of nitrogens with zero attached hydrogens (tertiary/aromatic N) is 2. The molecule has 0 atom stereocenters. The summed E-state index contributed by atoms with van der Waals surface area (Å²) in [5, 5.41) is 13.0. The van der Waals surface area contributed by atoms with Crippen molar-refractivity contribution < 1.29 is 19.4 Å². The fourth-order valence-electron chi connectivity index (χ4n) is 2.53. The molecule has 1 aliphatic rings. The molecule has 1 aromatic carbocycles. The first-order valence-electron chi connectivity index (χ1n) is 7.25. The minimum Gasteiger partial charge on any atom is -0.490 e. The van der Waals surface area contributed by atoms with Crippen molar-refractivity contribution in [1.29, 1.82) is 0 Å². The Balaban J connectivity index is 1.74. The highest BCUT2D eigenvalue weighted by molar-refractivity contribution is 5.87. The van der Waals surface area contributed by atoms with Gasteiger partial charge >= 0.3 is 5.97 Å². The Kier molecular flexibility index (Phi) is 4.11. The van der Waals surface area contributed by atoms with Crippen LogP contribution in [0.4, 0.5) is 0 Å².